The quantitative estimate of drug-likeness (QED) is 0.675. The van der Waals surface area contributed by atoms with Crippen LogP contribution in [0.15, 0.2) is 40.8 Å². The minimum Gasteiger partial charge on any atom is -0.464 e. The van der Waals surface area contributed by atoms with E-state index < -0.39 is 33.7 Å². The van der Waals surface area contributed by atoms with Crippen molar-refractivity contribution in [2.45, 2.75) is 32.4 Å². The molecule has 0 aliphatic carbocycles. The Morgan fingerprint density at radius 2 is 1.75 bits per heavy atom. The van der Waals surface area contributed by atoms with Crippen LogP contribution in [0.4, 0.5) is 0 Å². The normalized spacial score (nSPS) is 13.6. The van der Waals surface area contributed by atoms with Gasteiger partial charge in [-0.05, 0) is 56.7 Å². The van der Waals surface area contributed by atoms with Gasteiger partial charge in [0.2, 0.25) is 5.91 Å². The average Bonchev–Trinajstić information content (AvgIpc) is 3.04. The van der Waals surface area contributed by atoms with Crippen LogP contribution < -0.4 is 10.6 Å². The Balaban J connectivity index is 2.11. The molecule has 2 unspecified atom stereocenters. The van der Waals surface area contributed by atoms with Crippen LogP contribution in [0.2, 0.25) is 5.02 Å². The molecular formula is C19H23ClN2O5S. The number of carbonyl (C=O) groups excluding carboxylic acids is 2. The first-order chi connectivity index (χ1) is 13.0. The van der Waals surface area contributed by atoms with E-state index in [1.807, 2.05) is 0 Å². The molecule has 28 heavy (non-hydrogen) atoms. The summed E-state index contributed by atoms with van der Waals surface area (Å²) in [5.41, 5.74) is 0.316. The summed E-state index contributed by atoms with van der Waals surface area (Å²) in [6.45, 7) is 3.53. The van der Waals surface area contributed by atoms with Crippen molar-refractivity contribution >= 4 is 33.3 Å². The number of benzene rings is 1. The lowest BCUT2D eigenvalue weighted by molar-refractivity contribution is -0.123. The Bertz CT molecular complexity index is 937. The molecule has 0 radical (unpaired) electrons. The smallest absolute Gasteiger partial charge is 0.251 e. The highest BCUT2D eigenvalue weighted by atomic mass is 35.5. The van der Waals surface area contributed by atoms with Crippen molar-refractivity contribution in [1.82, 2.24) is 10.6 Å². The molecule has 0 spiro atoms. The zero-order valence-electron chi connectivity index (χ0n) is 15.9. The summed E-state index contributed by atoms with van der Waals surface area (Å²) in [5.74, 6) is 0.0529. The van der Waals surface area contributed by atoms with Crippen molar-refractivity contribution in [2.75, 3.05) is 12.0 Å². The molecule has 2 N–H and O–H groups in total. The van der Waals surface area contributed by atoms with E-state index in [9.17, 15) is 18.0 Å². The summed E-state index contributed by atoms with van der Waals surface area (Å²) in [6.07, 6.45) is 1.03. The molecule has 0 bridgehead atoms. The Hall–Kier alpha value is -2.32. The van der Waals surface area contributed by atoms with E-state index in [1.54, 1.807) is 38.1 Å². The van der Waals surface area contributed by atoms with E-state index >= 15 is 0 Å². The number of nitrogens with one attached hydrogen (secondary N) is 2. The van der Waals surface area contributed by atoms with Gasteiger partial charge in [-0.3, -0.25) is 9.59 Å². The molecule has 0 fully saturated rings. The molecule has 1 heterocycles. The molecule has 0 saturated heterocycles. The van der Waals surface area contributed by atoms with E-state index in [0.29, 0.717) is 22.1 Å². The Morgan fingerprint density at radius 1 is 1.11 bits per heavy atom. The highest BCUT2D eigenvalue weighted by Crippen LogP contribution is 2.16. The number of hydrogen-bond donors (Lipinski definition) is 2. The molecular weight excluding hydrogens is 404 g/mol. The SMILES string of the molecule is Cc1ccc(C(C)NC(=O)C(CCS(C)(=O)=O)NC(=O)c2ccc(Cl)cc2)o1. The standard InChI is InChI=1S/C19H23ClN2O5S/c1-12-4-9-17(27-12)13(2)21-19(24)16(10-11-28(3,25)26)22-18(23)14-5-7-15(20)8-6-14/h4-9,13,16H,10-11H2,1-3H3,(H,21,24)(H,22,23). The van der Waals surface area contributed by atoms with Crippen molar-refractivity contribution in [2.24, 2.45) is 0 Å². The first-order valence-corrected chi connectivity index (χ1v) is 11.1. The third-order valence-electron chi connectivity index (χ3n) is 4.05. The Morgan fingerprint density at radius 3 is 2.29 bits per heavy atom. The van der Waals surface area contributed by atoms with Gasteiger partial charge in [0.05, 0.1) is 11.8 Å². The van der Waals surface area contributed by atoms with Gasteiger partial charge < -0.3 is 15.1 Å². The van der Waals surface area contributed by atoms with Crippen LogP contribution in [0.1, 0.15) is 41.3 Å². The number of rotatable bonds is 8. The molecule has 2 amide bonds. The molecule has 7 nitrogen and oxygen atoms in total. The summed E-state index contributed by atoms with van der Waals surface area (Å²) in [6, 6.07) is 8.24. The molecule has 1 aromatic carbocycles. The van der Waals surface area contributed by atoms with Gasteiger partial charge in [0, 0.05) is 16.8 Å². The van der Waals surface area contributed by atoms with Gasteiger partial charge in [-0.15, -0.1) is 0 Å². The third kappa shape index (κ3) is 6.69. The monoisotopic (exact) mass is 426 g/mol. The molecule has 152 valence electrons. The molecule has 0 aliphatic heterocycles. The second-order valence-corrected chi connectivity index (χ2v) is 9.33. The molecule has 2 aromatic rings. The minimum absolute atomic E-state index is 0.0477. The highest BCUT2D eigenvalue weighted by Gasteiger charge is 2.25. The lowest BCUT2D eigenvalue weighted by Gasteiger charge is -2.20. The molecule has 2 atom stereocenters. The fourth-order valence-electron chi connectivity index (χ4n) is 2.51. The van der Waals surface area contributed by atoms with Crippen molar-refractivity contribution in [3.8, 4) is 0 Å². The molecule has 1 aromatic heterocycles. The summed E-state index contributed by atoms with van der Waals surface area (Å²) in [7, 11) is -3.30. The summed E-state index contributed by atoms with van der Waals surface area (Å²) < 4.78 is 28.5. The van der Waals surface area contributed by atoms with Crippen LogP contribution in [0.25, 0.3) is 0 Å². The van der Waals surface area contributed by atoms with E-state index in [1.165, 1.54) is 12.1 Å². The lowest BCUT2D eigenvalue weighted by atomic mass is 10.1. The average molecular weight is 427 g/mol. The number of aryl methyl sites for hydroxylation is 1. The van der Waals surface area contributed by atoms with Gasteiger partial charge in [-0.25, -0.2) is 8.42 Å². The predicted molar refractivity (Wildman–Crippen MR) is 107 cm³/mol. The summed E-state index contributed by atoms with van der Waals surface area (Å²) in [4.78, 5) is 25.1. The van der Waals surface area contributed by atoms with Gasteiger partial charge in [-0.1, -0.05) is 11.6 Å². The molecule has 0 saturated carbocycles. The zero-order valence-corrected chi connectivity index (χ0v) is 17.4. The van der Waals surface area contributed by atoms with Crippen LogP contribution in [0.5, 0.6) is 0 Å². The number of hydrogen-bond acceptors (Lipinski definition) is 5. The number of sulfone groups is 1. The van der Waals surface area contributed by atoms with E-state index in [2.05, 4.69) is 10.6 Å². The van der Waals surface area contributed by atoms with Gasteiger partial charge in [0.25, 0.3) is 5.91 Å². The molecule has 0 aliphatic rings. The van der Waals surface area contributed by atoms with Crippen molar-refractivity contribution in [3.63, 3.8) is 0 Å². The maximum atomic E-state index is 12.7. The maximum Gasteiger partial charge on any atom is 0.251 e. The molecule has 9 heteroatoms. The minimum atomic E-state index is -3.30. The third-order valence-corrected chi connectivity index (χ3v) is 5.28. The topological polar surface area (TPSA) is 105 Å². The van der Waals surface area contributed by atoms with Crippen LogP contribution in [-0.2, 0) is 14.6 Å². The van der Waals surface area contributed by atoms with Crippen LogP contribution in [-0.4, -0.2) is 38.3 Å². The maximum absolute atomic E-state index is 12.7. The number of furan rings is 1. The Labute approximate surface area is 169 Å². The zero-order chi connectivity index (χ0) is 20.9. The van der Waals surface area contributed by atoms with Crippen LogP contribution >= 0.6 is 11.6 Å². The van der Waals surface area contributed by atoms with Gasteiger partial charge >= 0.3 is 0 Å². The second kappa shape index (κ2) is 9.25. The largest absolute Gasteiger partial charge is 0.464 e. The number of carbonyl (C=O) groups is 2. The van der Waals surface area contributed by atoms with Crippen molar-refractivity contribution < 1.29 is 22.4 Å². The first-order valence-electron chi connectivity index (χ1n) is 8.66. The van der Waals surface area contributed by atoms with Crippen LogP contribution in [0, 0.1) is 6.92 Å². The van der Waals surface area contributed by atoms with Gasteiger partial charge in [0.1, 0.15) is 27.4 Å². The number of amides is 2. The first kappa shape index (κ1) is 22.0. The van der Waals surface area contributed by atoms with Gasteiger partial charge in [-0.2, -0.15) is 0 Å². The van der Waals surface area contributed by atoms with Crippen molar-refractivity contribution in [3.05, 3.63) is 58.5 Å². The molecule has 2 rings (SSSR count). The summed E-state index contributed by atoms with van der Waals surface area (Å²) in [5, 5.41) is 5.82. The fourth-order valence-corrected chi connectivity index (χ4v) is 3.30. The lowest BCUT2D eigenvalue weighted by Crippen LogP contribution is -2.48. The highest BCUT2D eigenvalue weighted by molar-refractivity contribution is 7.90. The summed E-state index contributed by atoms with van der Waals surface area (Å²) >= 11 is 5.82. The fraction of sp³-hybridized carbons (Fsp3) is 0.368. The second-order valence-electron chi connectivity index (χ2n) is 6.63. The van der Waals surface area contributed by atoms with E-state index in [4.69, 9.17) is 16.0 Å². The van der Waals surface area contributed by atoms with Crippen LogP contribution in [0.3, 0.4) is 0 Å². The number of halogens is 1. The van der Waals surface area contributed by atoms with Crippen molar-refractivity contribution in [1.29, 1.82) is 0 Å². The van der Waals surface area contributed by atoms with E-state index in [0.717, 1.165) is 6.26 Å². The van der Waals surface area contributed by atoms with Gasteiger partial charge in [0.15, 0.2) is 0 Å². The Kier molecular flexibility index (Phi) is 7.26. The van der Waals surface area contributed by atoms with E-state index in [-0.39, 0.29) is 12.2 Å². The predicted octanol–water partition coefficient (Wildman–Crippen LogP) is 2.65.